The van der Waals surface area contributed by atoms with Crippen molar-refractivity contribution in [3.63, 3.8) is 0 Å². The van der Waals surface area contributed by atoms with Gasteiger partial charge in [0.1, 0.15) is 5.75 Å². The van der Waals surface area contributed by atoms with E-state index >= 15 is 0 Å². The Morgan fingerprint density at radius 3 is 2.95 bits per heavy atom. The number of fused-ring (bicyclic) bond motifs is 1. The first-order chi connectivity index (χ1) is 10.2. The van der Waals surface area contributed by atoms with Crippen LogP contribution in [0.1, 0.15) is 49.9 Å². The lowest BCUT2D eigenvalue weighted by Gasteiger charge is -2.13. The van der Waals surface area contributed by atoms with Gasteiger partial charge in [-0.15, -0.1) is 0 Å². The molecule has 0 aliphatic heterocycles. The van der Waals surface area contributed by atoms with Crippen LogP contribution in [0.3, 0.4) is 0 Å². The molecule has 0 saturated heterocycles. The topological polar surface area (TPSA) is 42.1 Å². The van der Waals surface area contributed by atoms with E-state index in [9.17, 15) is 4.79 Å². The van der Waals surface area contributed by atoms with Crippen molar-refractivity contribution in [1.29, 1.82) is 0 Å². The van der Waals surface area contributed by atoms with Gasteiger partial charge in [-0.05, 0) is 43.4 Å². The zero-order valence-electron chi connectivity index (χ0n) is 12.8. The van der Waals surface area contributed by atoms with Crippen molar-refractivity contribution in [2.24, 2.45) is 11.8 Å². The second-order valence-electron chi connectivity index (χ2n) is 6.14. The van der Waals surface area contributed by atoms with Gasteiger partial charge in [-0.2, -0.15) is 0 Å². The Morgan fingerprint density at radius 1 is 1.38 bits per heavy atom. The first-order valence-corrected chi connectivity index (χ1v) is 7.99. The van der Waals surface area contributed by atoms with Crippen molar-refractivity contribution in [3.8, 4) is 5.75 Å². The van der Waals surface area contributed by atoms with E-state index in [2.05, 4.69) is 18.8 Å². The highest BCUT2D eigenvalue weighted by atomic mass is 16.5. The fraction of sp³-hybridized carbons (Fsp3) is 0.500. The number of carbonyl (C=O) groups is 1. The monoisotopic (exact) mass is 285 g/mol. The predicted octanol–water partition coefficient (Wildman–Crippen LogP) is 4.58. The summed E-state index contributed by atoms with van der Waals surface area (Å²) in [7, 11) is 0. The minimum Gasteiger partial charge on any atom is -0.494 e. The van der Waals surface area contributed by atoms with Gasteiger partial charge in [0.2, 0.25) is 0 Å². The van der Waals surface area contributed by atoms with Gasteiger partial charge in [0, 0.05) is 28.6 Å². The molecule has 3 heteroatoms. The first kappa shape index (κ1) is 14.2. The SMILES string of the molecule is CCCOc1ccc2[nH]cc(C(=O)C3CCCC3C)c2c1. The molecule has 1 aromatic carbocycles. The zero-order chi connectivity index (χ0) is 14.8. The Morgan fingerprint density at radius 2 is 2.24 bits per heavy atom. The molecule has 1 aliphatic carbocycles. The number of H-pyrrole nitrogens is 1. The smallest absolute Gasteiger partial charge is 0.168 e. The molecule has 2 unspecified atom stereocenters. The summed E-state index contributed by atoms with van der Waals surface area (Å²) in [4.78, 5) is 16.0. The maximum Gasteiger partial charge on any atom is 0.168 e. The summed E-state index contributed by atoms with van der Waals surface area (Å²) in [6, 6.07) is 5.95. The molecule has 1 fully saturated rings. The highest BCUT2D eigenvalue weighted by molar-refractivity contribution is 6.09. The second kappa shape index (κ2) is 5.92. The van der Waals surface area contributed by atoms with Crippen LogP contribution in [0.4, 0.5) is 0 Å². The number of hydrogen-bond acceptors (Lipinski definition) is 2. The number of ether oxygens (including phenoxy) is 1. The van der Waals surface area contributed by atoms with Crippen LogP contribution in [-0.2, 0) is 0 Å². The summed E-state index contributed by atoms with van der Waals surface area (Å²) in [5.41, 5.74) is 1.83. The van der Waals surface area contributed by atoms with Gasteiger partial charge < -0.3 is 9.72 Å². The average Bonchev–Trinajstić information content (AvgIpc) is 3.10. The maximum atomic E-state index is 12.8. The van der Waals surface area contributed by atoms with Gasteiger partial charge in [0.25, 0.3) is 0 Å². The van der Waals surface area contributed by atoms with E-state index in [0.29, 0.717) is 18.3 Å². The lowest BCUT2D eigenvalue weighted by molar-refractivity contribution is 0.0899. The number of hydrogen-bond donors (Lipinski definition) is 1. The normalized spacial score (nSPS) is 21.8. The molecule has 3 nitrogen and oxygen atoms in total. The summed E-state index contributed by atoms with van der Waals surface area (Å²) in [5.74, 6) is 1.82. The third-order valence-corrected chi connectivity index (χ3v) is 4.59. The Hall–Kier alpha value is -1.77. The van der Waals surface area contributed by atoms with Crippen LogP contribution < -0.4 is 4.74 Å². The molecule has 1 heterocycles. The largest absolute Gasteiger partial charge is 0.494 e. The van der Waals surface area contributed by atoms with Crippen molar-refractivity contribution < 1.29 is 9.53 Å². The standard InChI is InChI=1S/C18H23NO2/c1-3-9-21-13-7-8-17-15(10-13)16(11-19-17)18(20)14-6-4-5-12(14)2/h7-8,10-12,14,19H,3-6,9H2,1-2H3. The predicted molar refractivity (Wildman–Crippen MR) is 84.9 cm³/mol. The zero-order valence-corrected chi connectivity index (χ0v) is 12.8. The van der Waals surface area contributed by atoms with Crippen LogP contribution in [0.2, 0.25) is 0 Å². The summed E-state index contributed by atoms with van der Waals surface area (Å²) >= 11 is 0. The van der Waals surface area contributed by atoms with E-state index in [0.717, 1.165) is 35.1 Å². The molecule has 1 aliphatic rings. The van der Waals surface area contributed by atoms with Crippen molar-refractivity contribution >= 4 is 16.7 Å². The number of benzene rings is 1. The second-order valence-corrected chi connectivity index (χ2v) is 6.14. The molecule has 0 amide bonds. The van der Waals surface area contributed by atoms with Gasteiger partial charge in [0.05, 0.1) is 6.61 Å². The van der Waals surface area contributed by atoms with Crippen molar-refractivity contribution in [3.05, 3.63) is 30.0 Å². The van der Waals surface area contributed by atoms with Gasteiger partial charge in [0.15, 0.2) is 5.78 Å². The molecule has 2 aromatic rings. The van der Waals surface area contributed by atoms with Gasteiger partial charge in [-0.1, -0.05) is 20.3 Å². The van der Waals surface area contributed by atoms with Crippen LogP contribution >= 0.6 is 0 Å². The quantitative estimate of drug-likeness (QED) is 0.817. The molecule has 1 saturated carbocycles. The fourth-order valence-corrected chi connectivity index (χ4v) is 3.35. The van der Waals surface area contributed by atoms with E-state index in [4.69, 9.17) is 4.74 Å². The van der Waals surface area contributed by atoms with E-state index < -0.39 is 0 Å². The summed E-state index contributed by atoms with van der Waals surface area (Å²) in [5, 5.41) is 0.993. The molecule has 21 heavy (non-hydrogen) atoms. The minimum absolute atomic E-state index is 0.184. The molecule has 1 N–H and O–H groups in total. The number of nitrogens with one attached hydrogen (secondary N) is 1. The first-order valence-electron chi connectivity index (χ1n) is 7.99. The Bertz CT molecular complexity index is 644. The number of ketones is 1. The summed E-state index contributed by atoms with van der Waals surface area (Å²) in [6.45, 7) is 4.99. The number of rotatable bonds is 5. The molecular formula is C18H23NO2. The van der Waals surface area contributed by atoms with E-state index in [1.807, 2.05) is 24.4 Å². The van der Waals surface area contributed by atoms with Gasteiger partial charge in [-0.25, -0.2) is 0 Å². The van der Waals surface area contributed by atoms with Crippen molar-refractivity contribution in [2.45, 2.75) is 39.5 Å². The summed E-state index contributed by atoms with van der Waals surface area (Å²) < 4.78 is 5.69. The summed E-state index contributed by atoms with van der Waals surface area (Å²) in [6.07, 6.45) is 6.21. The van der Waals surface area contributed by atoms with E-state index in [1.54, 1.807) is 0 Å². The Labute approximate surface area is 125 Å². The van der Waals surface area contributed by atoms with E-state index in [1.165, 1.54) is 12.8 Å². The van der Waals surface area contributed by atoms with Crippen molar-refractivity contribution in [2.75, 3.05) is 6.61 Å². The van der Waals surface area contributed by atoms with Gasteiger partial charge >= 0.3 is 0 Å². The third kappa shape index (κ3) is 2.69. The molecule has 0 bridgehead atoms. The highest BCUT2D eigenvalue weighted by Crippen LogP contribution is 2.35. The lowest BCUT2D eigenvalue weighted by Crippen LogP contribution is -2.16. The molecule has 1 aromatic heterocycles. The molecule has 0 spiro atoms. The van der Waals surface area contributed by atoms with Crippen LogP contribution in [0.25, 0.3) is 10.9 Å². The van der Waals surface area contributed by atoms with Crippen LogP contribution in [0, 0.1) is 11.8 Å². The molecular weight excluding hydrogens is 262 g/mol. The molecule has 0 radical (unpaired) electrons. The lowest BCUT2D eigenvalue weighted by atomic mass is 9.89. The Balaban J connectivity index is 1.92. The maximum absolute atomic E-state index is 12.8. The Kier molecular flexibility index (Phi) is 4.00. The number of Topliss-reactive ketones (excluding diaryl/α,β-unsaturated/α-hetero) is 1. The minimum atomic E-state index is 0.184. The van der Waals surface area contributed by atoms with Crippen LogP contribution in [-0.4, -0.2) is 17.4 Å². The van der Waals surface area contributed by atoms with Crippen molar-refractivity contribution in [1.82, 2.24) is 4.98 Å². The molecule has 3 rings (SSSR count). The van der Waals surface area contributed by atoms with E-state index in [-0.39, 0.29) is 5.92 Å². The van der Waals surface area contributed by atoms with Crippen LogP contribution in [0.5, 0.6) is 5.75 Å². The average molecular weight is 285 g/mol. The van der Waals surface area contributed by atoms with Crippen LogP contribution in [0.15, 0.2) is 24.4 Å². The molecule has 112 valence electrons. The number of carbonyl (C=O) groups excluding carboxylic acids is 1. The number of aromatic nitrogens is 1. The fourth-order valence-electron chi connectivity index (χ4n) is 3.35. The third-order valence-electron chi connectivity index (χ3n) is 4.59. The number of aromatic amines is 1. The molecule has 2 atom stereocenters. The highest BCUT2D eigenvalue weighted by Gasteiger charge is 2.31. The van der Waals surface area contributed by atoms with Gasteiger partial charge in [-0.3, -0.25) is 4.79 Å².